The van der Waals surface area contributed by atoms with E-state index >= 15 is 0 Å². The van der Waals surface area contributed by atoms with Crippen LogP contribution in [0.2, 0.25) is 5.02 Å². The Hall–Kier alpha value is -1.70. The number of halogens is 1. The van der Waals surface area contributed by atoms with Crippen LogP contribution in [0, 0.1) is 11.8 Å². The van der Waals surface area contributed by atoms with Crippen molar-refractivity contribution >= 4 is 45.0 Å². The number of amides is 2. The van der Waals surface area contributed by atoms with Crippen LogP contribution in [0.5, 0.6) is 0 Å². The molecule has 2 aromatic rings. The van der Waals surface area contributed by atoms with Gasteiger partial charge in [0.2, 0.25) is 11.8 Å². The summed E-state index contributed by atoms with van der Waals surface area (Å²) in [5, 5.41) is 4.36. The fourth-order valence-corrected chi connectivity index (χ4v) is 5.87. The van der Waals surface area contributed by atoms with Crippen molar-refractivity contribution in [2.45, 2.75) is 57.4 Å². The molecular formula is C21H29ClN4O2S. The summed E-state index contributed by atoms with van der Waals surface area (Å²) in [6.07, 6.45) is 5.91. The van der Waals surface area contributed by atoms with E-state index in [0.717, 1.165) is 40.9 Å². The summed E-state index contributed by atoms with van der Waals surface area (Å²) < 4.78 is 0.939. The van der Waals surface area contributed by atoms with Crippen molar-refractivity contribution in [2.24, 2.45) is 23.3 Å². The molecule has 0 radical (unpaired) electrons. The van der Waals surface area contributed by atoms with Gasteiger partial charge in [-0.25, -0.2) is 4.98 Å². The van der Waals surface area contributed by atoms with Crippen molar-refractivity contribution in [3.63, 3.8) is 0 Å². The predicted octanol–water partition coefficient (Wildman–Crippen LogP) is 3.40. The lowest BCUT2D eigenvalue weighted by Crippen LogP contribution is -2.66. The first-order chi connectivity index (χ1) is 13.9. The van der Waals surface area contributed by atoms with Gasteiger partial charge in [-0.15, -0.1) is 11.3 Å². The van der Waals surface area contributed by atoms with Gasteiger partial charge < -0.3 is 16.8 Å². The van der Waals surface area contributed by atoms with Crippen LogP contribution in [0.3, 0.4) is 0 Å². The maximum atomic E-state index is 12.9. The van der Waals surface area contributed by atoms with E-state index in [-0.39, 0.29) is 37.1 Å². The van der Waals surface area contributed by atoms with E-state index in [1.807, 2.05) is 12.1 Å². The van der Waals surface area contributed by atoms with Crippen molar-refractivity contribution in [1.29, 1.82) is 0 Å². The third-order valence-corrected chi connectivity index (χ3v) is 7.31. The Balaban J connectivity index is 2.03. The monoisotopic (exact) mass is 436 g/mol. The summed E-state index contributed by atoms with van der Waals surface area (Å²) in [4.78, 5) is 30.0. The number of aromatic nitrogens is 1. The van der Waals surface area contributed by atoms with Crippen LogP contribution in [-0.2, 0) is 16.0 Å². The minimum atomic E-state index is -1.25. The average molecular weight is 437 g/mol. The predicted molar refractivity (Wildman–Crippen MR) is 118 cm³/mol. The Labute approximate surface area is 180 Å². The van der Waals surface area contributed by atoms with Crippen LogP contribution in [0.1, 0.15) is 50.5 Å². The van der Waals surface area contributed by atoms with Crippen LogP contribution >= 0.6 is 22.9 Å². The lowest BCUT2D eigenvalue weighted by atomic mass is 9.68. The van der Waals surface area contributed by atoms with Crippen LogP contribution in [0.15, 0.2) is 18.2 Å². The molecule has 1 unspecified atom stereocenters. The minimum Gasteiger partial charge on any atom is -0.368 e. The summed E-state index contributed by atoms with van der Waals surface area (Å²) in [7, 11) is 0. The van der Waals surface area contributed by atoms with E-state index in [9.17, 15) is 9.59 Å². The number of nitrogens with one attached hydrogen (secondary N) is 1. The number of carbonyl (C=O) groups is 2. The highest BCUT2D eigenvalue weighted by atomic mass is 35.5. The first-order valence-corrected chi connectivity index (χ1v) is 11.4. The van der Waals surface area contributed by atoms with Crippen molar-refractivity contribution in [3.8, 4) is 0 Å². The molecule has 8 heteroatoms. The van der Waals surface area contributed by atoms with E-state index < -0.39 is 11.4 Å². The zero-order valence-corrected chi connectivity index (χ0v) is 18.3. The minimum absolute atomic E-state index is 0.206. The normalized spacial score (nSPS) is 18.3. The fraction of sp³-hybridized carbons (Fsp3) is 0.571. The Kier molecular flexibility index (Phi) is 7.14. The summed E-state index contributed by atoms with van der Waals surface area (Å²) in [6.45, 7) is 2.05. The topological polar surface area (TPSA) is 111 Å². The molecule has 0 aliphatic heterocycles. The zero-order chi connectivity index (χ0) is 21.0. The number of hydrogen-bond acceptors (Lipinski definition) is 5. The van der Waals surface area contributed by atoms with Crippen LogP contribution in [-0.4, -0.2) is 28.9 Å². The van der Waals surface area contributed by atoms with Crippen molar-refractivity contribution in [3.05, 3.63) is 28.2 Å². The summed E-state index contributed by atoms with van der Waals surface area (Å²) in [5.41, 5.74) is 11.7. The molecule has 0 bridgehead atoms. The number of benzene rings is 1. The highest BCUT2D eigenvalue weighted by molar-refractivity contribution is 7.18. The number of primary amides is 1. The van der Waals surface area contributed by atoms with Gasteiger partial charge in [-0.05, 0) is 30.7 Å². The van der Waals surface area contributed by atoms with Gasteiger partial charge in [0.25, 0.3) is 0 Å². The van der Waals surface area contributed by atoms with Gasteiger partial charge in [0.15, 0.2) is 0 Å². The SMILES string of the molecule is CCC(=O)NC(Cc1nc2ccc(Cl)cc2s1)(C(N)=O)[C@H](CN)C1CCCCC1. The first-order valence-electron chi connectivity index (χ1n) is 10.3. The van der Waals surface area contributed by atoms with Gasteiger partial charge in [-0.1, -0.05) is 50.6 Å². The van der Waals surface area contributed by atoms with E-state index in [1.54, 1.807) is 13.0 Å². The molecule has 158 valence electrons. The molecule has 1 aromatic heterocycles. The maximum Gasteiger partial charge on any atom is 0.243 e. The van der Waals surface area contributed by atoms with Gasteiger partial charge in [0, 0.05) is 23.8 Å². The molecule has 1 saturated carbocycles. The summed E-state index contributed by atoms with van der Waals surface area (Å²) >= 11 is 7.57. The van der Waals surface area contributed by atoms with E-state index in [2.05, 4.69) is 10.3 Å². The molecule has 2 amide bonds. The molecule has 5 N–H and O–H groups in total. The van der Waals surface area contributed by atoms with Crippen molar-refractivity contribution in [2.75, 3.05) is 6.54 Å². The molecule has 1 aromatic carbocycles. The molecule has 1 fully saturated rings. The van der Waals surface area contributed by atoms with Crippen molar-refractivity contribution < 1.29 is 9.59 Å². The van der Waals surface area contributed by atoms with Gasteiger partial charge in [-0.2, -0.15) is 0 Å². The number of nitrogens with zero attached hydrogens (tertiary/aromatic N) is 1. The molecule has 1 heterocycles. The molecule has 2 atom stereocenters. The second-order valence-corrected chi connectivity index (χ2v) is 9.43. The summed E-state index contributed by atoms with van der Waals surface area (Å²) in [6, 6.07) is 5.50. The highest BCUT2D eigenvalue weighted by Gasteiger charge is 2.48. The van der Waals surface area contributed by atoms with Crippen LogP contribution in [0.25, 0.3) is 10.2 Å². The molecule has 6 nitrogen and oxygen atoms in total. The molecule has 0 saturated heterocycles. The smallest absolute Gasteiger partial charge is 0.243 e. The fourth-order valence-electron chi connectivity index (χ4n) is 4.53. The van der Waals surface area contributed by atoms with Gasteiger partial charge in [0.05, 0.1) is 15.2 Å². The van der Waals surface area contributed by atoms with E-state index in [0.29, 0.717) is 5.02 Å². The molecule has 3 rings (SSSR count). The third-order valence-electron chi connectivity index (χ3n) is 6.05. The first kappa shape index (κ1) is 22.0. The standard InChI is InChI=1S/C21H29ClN4O2S/c1-2-18(27)26-21(20(24)28,15(12-23)13-6-4-3-5-7-13)11-19-25-16-9-8-14(22)10-17(16)29-19/h8-10,13,15H,2-7,11-12,23H2,1H3,(H2,24,28)(H,26,27)/t15-,21?/m1/s1. The molecular weight excluding hydrogens is 408 g/mol. The second-order valence-electron chi connectivity index (χ2n) is 7.87. The van der Waals surface area contributed by atoms with E-state index in [4.69, 9.17) is 23.1 Å². The Morgan fingerprint density at radius 2 is 2.07 bits per heavy atom. The largest absolute Gasteiger partial charge is 0.368 e. The molecule has 1 aliphatic carbocycles. The molecule has 29 heavy (non-hydrogen) atoms. The maximum absolute atomic E-state index is 12.9. The Morgan fingerprint density at radius 3 is 2.69 bits per heavy atom. The highest BCUT2D eigenvalue weighted by Crippen LogP contribution is 2.38. The summed E-state index contributed by atoms with van der Waals surface area (Å²) in [5.74, 6) is -0.728. The molecule has 1 aliphatic rings. The van der Waals surface area contributed by atoms with Gasteiger partial charge in [-0.3, -0.25) is 9.59 Å². The lowest BCUT2D eigenvalue weighted by Gasteiger charge is -2.43. The van der Waals surface area contributed by atoms with Crippen molar-refractivity contribution in [1.82, 2.24) is 10.3 Å². The quantitative estimate of drug-likeness (QED) is 0.588. The number of carbonyl (C=O) groups excluding carboxylic acids is 2. The number of nitrogens with two attached hydrogens (primary N) is 2. The number of thiazole rings is 1. The van der Waals surface area contributed by atoms with Crippen LogP contribution in [0.4, 0.5) is 0 Å². The third kappa shape index (κ3) is 4.73. The lowest BCUT2D eigenvalue weighted by molar-refractivity contribution is -0.135. The van der Waals surface area contributed by atoms with Gasteiger partial charge >= 0.3 is 0 Å². The number of hydrogen-bond donors (Lipinski definition) is 3. The van der Waals surface area contributed by atoms with E-state index in [1.165, 1.54) is 17.8 Å². The number of fused-ring (bicyclic) bond motifs is 1. The Bertz CT molecular complexity index is 881. The average Bonchev–Trinajstić information content (AvgIpc) is 3.10. The van der Waals surface area contributed by atoms with Crippen LogP contribution < -0.4 is 16.8 Å². The Morgan fingerprint density at radius 1 is 1.34 bits per heavy atom. The van der Waals surface area contributed by atoms with Gasteiger partial charge in [0.1, 0.15) is 5.54 Å². The molecule has 0 spiro atoms. The second kappa shape index (κ2) is 9.41. The number of rotatable bonds is 8. The zero-order valence-electron chi connectivity index (χ0n) is 16.7.